The fourth-order valence-electron chi connectivity index (χ4n) is 4.27. The Morgan fingerprint density at radius 1 is 0.971 bits per heavy atom. The van der Waals surface area contributed by atoms with Gasteiger partial charge in [-0.2, -0.15) is 23.3 Å². The zero-order valence-electron chi connectivity index (χ0n) is 19.9. The molecule has 5 heteroatoms. The molecule has 1 N–H and O–H groups in total. The topological polar surface area (TPSA) is 54.6 Å². The summed E-state index contributed by atoms with van der Waals surface area (Å²) in [5.41, 5.74) is 8.34. The first-order chi connectivity index (χ1) is 15.8. The summed E-state index contributed by atoms with van der Waals surface area (Å²) in [6.07, 6.45) is 1.17. The van der Waals surface area contributed by atoms with Gasteiger partial charge in [0.2, 0.25) is 0 Å². The van der Waals surface area contributed by atoms with E-state index in [9.17, 15) is 4.79 Å². The third kappa shape index (κ3) is 4.82. The number of hydrogen-bond acceptors (Lipinski definition) is 3. The number of allylic oxidation sites excluding steroid dienone is 2. The minimum absolute atomic E-state index is 0. The first-order valence-electron chi connectivity index (χ1n) is 10.9. The maximum absolute atomic E-state index is 10.0. The van der Waals surface area contributed by atoms with Crippen molar-refractivity contribution in [3.63, 3.8) is 0 Å². The van der Waals surface area contributed by atoms with Crippen LogP contribution < -0.4 is 0 Å². The Bertz CT molecular complexity index is 1540. The summed E-state index contributed by atoms with van der Waals surface area (Å²) < 4.78 is 2.04. The normalized spacial score (nSPS) is 11.3. The van der Waals surface area contributed by atoms with Crippen LogP contribution in [0.2, 0.25) is 0 Å². The third-order valence-corrected chi connectivity index (χ3v) is 5.80. The van der Waals surface area contributed by atoms with E-state index in [2.05, 4.69) is 74.5 Å². The molecule has 0 bridgehead atoms. The number of ketones is 1. The van der Waals surface area contributed by atoms with E-state index in [1.165, 1.54) is 58.3 Å². The van der Waals surface area contributed by atoms with Crippen molar-refractivity contribution in [1.29, 1.82) is 0 Å². The molecule has 34 heavy (non-hydrogen) atoms. The van der Waals surface area contributed by atoms with Crippen molar-refractivity contribution in [3.05, 3.63) is 95.4 Å². The maximum Gasteiger partial charge on any atom is 0.155 e. The second-order valence-corrected chi connectivity index (χ2v) is 8.39. The molecule has 2 aromatic heterocycles. The van der Waals surface area contributed by atoms with Gasteiger partial charge in [0.25, 0.3) is 0 Å². The Balaban J connectivity index is 0.000000357. The molecule has 3 aromatic carbocycles. The summed E-state index contributed by atoms with van der Waals surface area (Å²) in [5, 5.41) is 16.8. The van der Waals surface area contributed by atoms with Crippen LogP contribution in [0.4, 0.5) is 0 Å². The van der Waals surface area contributed by atoms with Crippen LogP contribution in [0.15, 0.2) is 72.5 Å². The fourth-order valence-corrected chi connectivity index (χ4v) is 4.27. The number of fused-ring (bicyclic) bond motifs is 6. The first-order valence-corrected chi connectivity index (χ1v) is 10.9. The molecule has 175 valence electrons. The van der Waals surface area contributed by atoms with Crippen LogP contribution in [0, 0.1) is 26.8 Å². The number of aliphatic hydroxyl groups excluding tert-OH is 1. The van der Waals surface area contributed by atoms with Gasteiger partial charge in [-0.3, -0.25) is 9.31 Å². The van der Waals surface area contributed by atoms with E-state index in [0.717, 1.165) is 16.7 Å². The van der Waals surface area contributed by atoms with Gasteiger partial charge in [-0.1, -0.05) is 53.2 Å². The Morgan fingerprint density at radius 2 is 1.68 bits per heavy atom. The fraction of sp³-hybridized carbons (Fsp3) is 0.172. The van der Waals surface area contributed by atoms with Gasteiger partial charge in [-0.15, -0.1) is 5.56 Å². The molecule has 0 saturated carbocycles. The van der Waals surface area contributed by atoms with Crippen molar-refractivity contribution in [2.24, 2.45) is 0 Å². The number of carbonyl (C=O) groups excluding carboxylic acids is 1. The van der Waals surface area contributed by atoms with Gasteiger partial charge < -0.3 is 5.11 Å². The minimum Gasteiger partial charge on any atom is -0.512 e. The summed E-state index contributed by atoms with van der Waals surface area (Å²) in [7, 11) is 0. The van der Waals surface area contributed by atoms with Crippen molar-refractivity contribution in [1.82, 2.24) is 9.61 Å². The van der Waals surface area contributed by atoms with Gasteiger partial charge >= 0.3 is 0 Å². The summed E-state index contributed by atoms with van der Waals surface area (Å²) in [5.74, 6) is -0.0625. The molecule has 0 saturated heterocycles. The number of pyridine rings is 1. The molecular weight excluding hydrogens is 601 g/mol. The standard InChI is InChI=1S/C24H19N2.C5H8O2.Ir/c1-15-8-6-11-18(17(15)3)20-12-7-13-22-24(20)21-10-5-4-9-19(21)23-14-16(2)25-26(22)23;1-4(6)3-5(2)7;/h4-12,14H,1-3H3;3,6H,1-2H3;/q-1;;/b;4-3-;. The molecule has 1 radical (unpaired) electrons. The third-order valence-electron chi connectivity index (χ3n) is 5.80. The van der Waals surface area contributed by atoms with E-state index in [0.29, 0.717) is 0 Å². The van der Waals surface area contributed by atoms with Crippen molar-refractivity contribution in [3.8, 4) is 11.1 Å². The van der Waals surface area contributed by atoms with Gasteiger partial charge in [-0.25, -0.2) is 0 Å². The Morgan fingerprint density at radius 3 is 2.32 bits per heavy atom. The predicted octanol–water partition coefficient (Wildman–Crippen LogP) is 7.07. The van der Waals surface area contributed by atoms with Crippen molar-refractivity contribution in [2.45, 2.75) is 34.6 Å². The van der Waals surface area contributed by atoms with Crippen LogP contribution in [0.25, 0.3) is 38.3 Å². The summed E-state index contributed by atoms with van der Waals surface area (Å²) in [4.78, 5) is 10.0. The van der Waals surface area contributed by atoms with Crippen molar-refractivity contribution >= 4 is 33.0 Å². The quantitative estimate of drug-likeness (QED) is 0.0987. The average Bonchev–Trinajstić information content (AvgIpc) is 3.17. The van der Waals surface area contributed by atoms with E-state index in [1.807, 2.05) is 17.5 Å². The van der Waals surface area contributed by atoms with Gasteiger partial charge in [0.1, 0.15) is 0 Å². The minimum atomic E-state index is -0.125. The smallest absolute Gasteiger partial charge is 0.155 e. The van der Waals surface area contributed by atoms with Crippen LogP contribution in [-0.2, 0) is 24.9 Å². The van der Waals surface area contributed by atoms with Crippen LogP contribution in [-0.4, -0.2) is 20.5 Å². The molecule has 0 fully saturated rings. The Labute approximate surface area is 213 Å². The largest absolute Gasteiger partial charge is 0.512 e. The molecule has 0 aliphatic heterocycles. The van der Waals surface area contributed by atoms with E-state index >= 15 is 0 Å². The number of aliphatic hydroxyl groups is 1. The predicted molar refractivity (Wildman–Crippen MR) is 136 cm³/mol. The number of aromatic nitrogens is 2. The average molecular weight is 628 g/mol. The summed E-state index contributed by atoms with van der Waals surface area (Å²) in [6.45, 7) is 9.26. The van der Waals surface area contributed by atoms with Crippen LogP contribution in [0.1, 0.15) is 30.7 Å². The second-order valence-electron chi connectivity index (χ2n) is 8.39. The van der Waals surface area contributed by atoms with Crippen molar-refractivity contribution < 1.29 is 30.0 Å². The second kappa shape index (κ2) is 10.3. The zero-order chi connectivity index (χ0) is 23.7. The number of hydrogen-bond donors (Lipinski definition) is 1. The molecule has 4 nitrogen and oxygen atoms in total. The van der Waals surface area contributed by atoms with E-state index < -0.39 is 0 Å². The van der Waals surface area contributed by atoms with E-state index in [1.54, 1.807) is 0 Å². The number of nitrogens with zero attached hydrogens (tertiary/aromatic N) is 2. The molecule has 0 spiro atoms. The number of rotatable bonds is 2. The molecule has 0 unspecified atom stereocenters. The molecule has 0 aliphatic rings. The van der Waals surface area contributed by atoms with E-state index in [4.69, 9.17) is 10.2 Å². The molecule has 0 amide bonds. The number of aryl methyl sites for hydroxylation is 2. The van der Waals surface area contributed by atoms with Gasteiger partial charge in [-0.05, 0) is 68.3 Å². The molecule has 5 aromatic rings. The van der Waals surface area contributed by atoms with Gasteiger partial charge in [0.05, 0.1) is 17.0 Å². The molecular formula is C29H27IrN2O2-. The van der Waals surface area contributed by atoms with Gasteiger partial charge in [0, 0.05) is 26.2 Å². The maximum atomic E-state index is 10.0. The monoisotopic (exact) mass is 628 g/mol. The van der Waals surface area contributed by atoms with Crippen LogP contribution >= 0.6 is 0 Å². The summed E-state index contributed by atoms with van der Waals surface area (Å²) in [6, 6.07) is 24.9. The first kappa shape index (κ1) is 25.4. The van der Waals surface area contributed by atoms with E-state index in [-0.39, 0.29) is 31.6 Å². The van der Waals surface area contributed by atoms with Crippen molar-refractivity contribution in [2.75, 3.05) is 0 Å². The number of carbonyl (C=O) groups is 1. The zero-order valence-corrected chi connectivity index (χ0v) is 22.3. The van der Waals surface area contributed by atoms with Gasteiger partial charge in [0.15, 0.2) is 5.78 Å². The van der Waals surface area contributed by atoms with Crippen LogP contribution in [0.5, 0.6) is 0 Å². The number of benzene rings is 3. The Kier molecular flexibility index (Phi) is 7.71. The molecule has 0 atom stereocenters. The molecule has 2 heterocycles. The SMILES string of the molecule is CC(=O)/C=C(/C)O.Cc1cc2c3ccccc3c3c(-c4cccc(C)c4C)cc[c-]c3n2n1.[Ir]. The van der Waals surface area contributed by atoms with Crippen LogP contribution in [0.3, 0.4) is 0 Å². The Hall–Kier alpha value is -3.27. The summed E-state index contributed by atoms with van der Waals surface area (Å²) >= 11 is 0. The molecule has 0 aliphatic carbocycles. The molecule has 5 rings (SSSR count).